The first-order chi connectivity index (χ1) is 11.6. The molecule has 0 radical (unpaired) electrons. The number of aliphatic imine (C=N–C) groups is 1. The van der Waals surface area contributed by atoms with Gasteiger partial charge in [-0.2, -0.15) is 0 Å². The normalized spacial score (nSPS) is 19.1. The molecule has 0 spiro atoms. The Morgan fingerprint density at radius 1 is 1.35 bits per heavy atom. The van der Waals surface area contributed by atoms with E-state index >= 15 is 0 Å². The maximum absolute atomic E-state index is 12.1. The quantitative estimate of drug-likeness (QED) is 0.348. The average molecular weight is 481 g/mol. The molecule has 1 aliphatic rings. The summed E-state index contributed by atoms with van der Waals surface area (Å²) in [5.41, 5.74) is -0.211. The van der Waals surface area contributed by atoms with Gasteiger partial charge in [-0.1, -0.05) is 13.8 Å². The molecule has 1 aliphatic heterocycles. The third-order valence-corrected chi connectivity index (χ3v) is 4.24. The molecule has 1 unspecified atom stereocenters. The Labute approximate surface area is 177 Å². The van der Waals surface area contributed by atoms with Crippen LogP contribution in [0.3, 0.4) is 0 Å². The second-order valence-corrected chi connectivity index (χ2v) is 8.74. The van der Waals surface area contributed by atoms with Gasteiger partial charge in [-0.05, 0) is 52.0 Å². The Balaban J connectivity index is 0.00000625. The third-order valence-electron chi connectivity index (χ3n) is 4.24. The Kier molecular flexibility index (Phi) is 11.7. The van der Waals surface area contributed by atoms with Gasteiger partial charge in [0.15, 0.2) is 5.96 Å². The van der Waals surface area contributed by atoms with Gasteiger partial charge in [0.05, 0.1) is 6.54 Å². The number of rotatable bonds is 6. The summed E-state index contributed by atoms with van der Waals surface area (Å²) in [7, 11) is 3.68. The van der Waals surface area contributed by atoms with Gasteiger partial charge in [0.25, 0.3) is 0 Å². The van der Waals surface area contributed by atoms with Crippen LogP contribution in [0.5, 0.6) is 0 Å². The van der Waals surface area contributed by atoms with Crippen LogP contribution < -0.4 is 10.6 Å². The van der Waals surface area contributed by atoms with Crippen molar-refractivity contribution in [3.8, 4) is 0 Å². The minimum absolute atomic E-state index is 0. The van der Waals surface area contributed by atoms with Crippen LogP contribution >= 0.6 is 24.0 Å². The van der Waals surface area contributed by atoms with Crippen LogP contribution in [-0.4, -0.2) is 74.0 Å². The molecule has 7 heteroatoms. The number of carbonyl (C=O) groups is 1. The summed E-state index contributed by atoms with van der Waals surface area (Å²) in [6.07, 6.45) is 2.52. The monoisotopic (exact) mass is 481 g/mol. The van der Waals surface area contributed by atoms with E-state index in [0.29, 0.717) is 18.4 Å². The number of hydrogen-bond acceptors (Lipinski definition) is 3. The molecule has 2 N–H and O–H groups in total. The lowest BCUT2D eigenvalue weighted by atomic mass is 9.97. The lowest BCUT2D eigenvalue weighted by Gasteiger charge is -2.34. The number of nitrogens with zero attached hydrogens (tertiary/aromatic N) is 3. The highest BCUT2D eigenvalue weighted by Gasteiger charge is 2.21. The van der Waals surface area contributed by atoms with E-state index in [4.69, 9.17) is 0 Å². The molecule has 1 fully saturated rings. The van der Waals surface area contributed by atoms with E-state index < -0.39 is 0 Å². The van der Waals surface area contributed by atoms with Crippen LogP contribution in [0.2, 0.25) is 0 Å². The van der Waals surface area contributed by atoms with Crippen molar-refractivity contribution in [2.24, 2.45) is 16.8 Å². The standard InChI is InChI=1S/C19H39N5O.HI/c1-15(2)12-24-10-8-9-16(13-24)11-21-18(20-6)23(7)14-17(25)22-19(3,4)5;/h15-16H,8-14H2,1-7H3,(H,20,21)(H,22,25);1H. The highest BCUT2D eigenvalue weighted by atomic mass is 127. The van der Waals surface area contributed by atoms with Crippen LogP contribution in [0.1, 0.15) is 47.5 Å². The van der Waals surface area contributed by atoms with Gasteiger partial charge in [0.2, 0.25) is 5.91 Å². The number of carbonyl (C=O) groups excluding carboxylic acids is 1. The number of nitrogens with one attached hydrogen (secondary N) is 2. The minimum Gasteiger partial charge on any atom is -0.356 e. The maximum Gasteiger partial charge on any atom is 0.240 e. The second kappa shape index (κ2) is 12.0. The number of amides is 1. The van der Waals surface area contributed by atoms with Gasteiger partial charge < -0.3 is 20.4 Å². The van der Waals surface area contributed by atoms with Crippen molar-refractivity contribution < 1.29 is 4.79 Å². The fourth-order valence-corrected chi connectivity index (χ4v) is 3.37. The maximum atomic E-state index is 12.1. The molecular weight excluding hydrogens is 441 g/mol. The number of likely N-dealkylation sites (N-methyl/N-ethyl adjacent to an activating group) is 1. The number of hydrogen-bond donors (Lipinski definition) is 2. The molecule has 0 aliphatic carbocycles. The van der Waals surface area contributed by atoms with E-state index in [1.54, 1.807) is 7.05 Å². The average Bonchev–Trinajstić information content (AvgIpc) is 2.45. The molecule has 1 heterocycles. The molecule has 0 bridgehead atoms. The SMILES string of the molecule is CN=C(NCC1CCCN(CC(C)C)C1)N(C)CC(=O)NC(C)(C)C.I. The minimum atomic E-state index is -0.211. The Bertz CT molecular complexity index is 448. The van der Waals surface area contributed by atoms with E-state index in [1.165, 1.54) is 25.9 Å². The summed E-state index contributed by atoms with van der Waals surface area (Å²) >= 11 is 0. The number of likely N-dealkylation sites (tertiary alicyclic amines) is 1. The largest absolute Gasteiger partial charge is 0.356 e. The smallest absolute Gasteiger partial charge is 0.240 e. The Hall–Kier alpha value is -0.570. The van der Waals surface area contributed by atoms with Crippen LogP contribution in [0.15, 0.2) is 4.99 Å². The zero-order valence-corrected chi connectivity index (χ0v) is 20.1. The van der Waals surface area contributed by atoms with Gasteiger partial charge in [0, 0.05) is 39.3 Å². The molecule has 154 valence electrons. The summed E-state index contributed by atoms with van der Waals surface area (Å²) in [6, 6.07) is 0. The molecule has 6 nitrogen and oxygen atoms in total. The lowest BCUT2D eigenvalue weighted by molar-refractivity contribution is -0.122. The summed E-state index contributed by atoms with van der Waals surface area (Å²) < 4.78 is 0. The van der Waals surface area contributed by atoms with E-state index in [-0.39, 0.29) is 35.4 Å². The molecular formula is C19H40IN5O. The first-order valence-electron chi connectivity index (χ1n) is 9.56. The van der Waals surface area contributed by atoms with Crippen LogP contribution in [0.25, 0.3) is 0 Å². The van der Waals surface area contributed by atoms with Gasteiger partial charge in [-0.25, -0.2) is 0 Å². The fourth-order valence-electron chi connectivity index (χ4n) is 3.37. The van der Waals surface area contributed by atoms with Crippen molar-refractivity contribution in [1.29, 1.82) is 0 Å². The van der Waals surface area contributed by atoms with Crippen molar-refractivity contribution in [3.63, 3.8) is 0 Å². The number of halogens is 1. The number of piperidine rings is 1. The first kappa shape index (κ1) is 25.4. The summed E-state index contributed by atoms with van der Waals surface area (Å²) in [5.74, 6) is 2.15. The van der Waals surface area contributed by atoms with E-state index in [9.17, 15) is 4.79 Å². The third kappa shape index (κ3) is 10.5. The zero-order chi connectivity index (χ0) is 19.0. The zero-order valence-electron chi connectivity index (χ0n) is 17.8. The van der Waals surface area contributed by atoms with Crippen molar-refractivity contribution >= 4 is 35.8 Å². The number of guanidine groups is 1. The van der Waals surface area contributed by atoms with Crippen LogP contribution in [-0.2, 0) is 4.79 Å². The predicted molar refractivity (Wildman–Crippen MR) is 121 cm³/mol. The predicted octanol–water partition coefficient (Wildman–Crippen LogP) is 2.39. The molecule has 0 aromatic heterocycles. The van der Waals surface area contributed by atoms with E-state index in [0.717, 1.165) is 19.0 Å². The van der Waals surface area contributed by atoms with Gasteiger partial charge in [0.1, 0.15) is 0 Å². The molecule has 1 atom stereocenters. The molecule has 1 rings (SSSR count). The first-order valence-corrected chi connectivity index (χ1v) is 9.56. The highest BCUT2D eigenvalue weighted by Crippen LogP contribution is 2.16. The molecule has 1 amide bonds. The molecule has 0 saturated carbocycles. The molecule has 0 aromatic carbocycles. The highest BCUT2D eigenvalue weighted by molar-refractivity contribution is 14.0. The fraction of sp³-hybridized carbons (Fsp3) is 0.895. The van der Waals surface area contributed by atoms with Crippen molar-refractivity contribution in [2.45, 2.75) is 53.0 Å². The summed E-state index contributed by atoms with van der Waals surface area (Å²) in [6.45, 7) is 15.3. The molecule has 0 aromatic rings. The Morgan fingerprint density at radius 2 is 2.00 bits per heavy atom. The van der Waals surface area contributed by atoms with Crippen molar-refractivity contribution in [3.05, 3.63) is 0 Å². The molecule has 26 heavy (non-hydrogen) atoms. The van der Waals surface area contributed by atoms with Gasteiger partial charge in [-0.15, -0.1) is 24.0 Å². The van der Waals surface area contributed by atoms with Gasteiger partial charge in [-0.3, -0.25) is 9.79 Å². The van der Waals surface area contributed by atoms with Crippen molar-refractivity contribution in [1.82, 2.24) is 20.4 Å². The summed E-state index contributed by atoms with van der Waals surface area (Å²) in [4.78, 5) is 20.9. The van der Waals surface area contributed by atoms with E-state index in [1.807, 2.05) is 32.7 Å². The van der Waals surface area contributed by atoms with E-state index in [2.05, 4.69) is 34.4 Å². The Morgan fingerprint density at radius 3 is 2.54 bits per heavy atom. The molecule has 1 saturated heterocycles. The topological polar surface area (TPSA) is 60.0 Å². The second-order valence-electron chi connectivity index (χ2n) is 8.74. The van der Waals surface area contributed by atoms with Gasteiger partial charge >= 0.3 is 0 Å². The van der Waals surface area contributed by atoms with Crippen molar-refractivity contribution in [2.75, 3.05) is 46.8 Å². The van der Waals surface area contributed by atoms with Crippen LogP contribution in [0.4, 0.5) is 0 Å². The summed E-state index contributed by atoms with van der Waals surface area (Å²) in [5, 5.41) is 6.44. The lowest BCUT2D eigenvalue weighted by Crippen LogP contribution is -2.50. The van der Waals surface area contributed by atoms with Crippen LogP contribution in [0, 0.1) is 11.8 Å².